The first-order chi connectivity index (χ1) is 15.9. The van der Waals surface area contributed by atoms with Crippen molar-refractivity contribution in [2.24, 2.45) is 5.73 Å². The molecule has 0 fully saturated rings. The first-order valence-corrected chi connectivity index (χ1v) is 10.8. The van der Waals surface area contributed by atoms with Gasteiger partial charge in [0.05, 0.1) is 22.8 Å². The minimum absolute atomic E-state index is 0.238. The van der Waals surface area contributed by atoms with Crippen molar-refractivity contribution in [1.82, 2.24) is 15.2 Å². The minimum Gasteiger partial charge on any atom is -0.497 e. The third-order valence-electron chi connectivity index (χ3n) is 5.36. The van der Waals surface area contributed by atoms with Gasteiger partial charge in [0, 0.05) is 35.2 Å². The molecule has 3 N–H and O–H groups in total. The quantitative estimate of drug-likeness (QED) is 0.397. The lowest BCUT2D eigenvalue weighted by Crippen LogP contribution is -2.32. The van der Waals surface area contributed by atoms with E-state index in [1.54, 1.807) is 19.5 Å². The topological polar surface area (TPSA) is 111 Å². The Morgan fingerprint density at radius 2 is 1.76 bits per heavy atom. The highest BCUT2D eigenvalue weighted by Gasteiger charge is 2.16. The predicted octanol–water partition coefficient (Wildman–Crippen LogP) is 4.55. The lowest BCUT2D eigenvalue weighted by atomic mass is 9.98. The number of halogens is 2. The minimum atomic E-state index is -1.03. The molecule has 2 aromatic heterocycles. The monoisotopic (exact) mass is 482 g/mol. The van der Waals surface area contributed by atoms with Crippen LogP contribution < -0.4 is 10.5 Å². The fourth-order valence-electron chi connectivity index (χ4n) is 3.57. The second-order valence-corrected chi connectivity index (χ2v) is 8.33. The first kappa shape index (κ1) is 22.9. The Hall–Kier alpha value is -3.26. The zero-order valence-corrected chi connectivity index (χ0v) is 19.1. The fraction of sp³-hybridized carbons (Fsp3) is 0.167. The van der Waals surface area contributed by atoms with Crippen LogP contribution >= 0.6 is 23.2 Å². The molecule has 168 valence electrons. The zero-order valence-electron chi connectivity index (χ0n) is 17.6. The Kier molecular flexibility index (Phi) is 6.74. The zero-order chi connectivity index (χ0) is 23.5. The van der Waals surface area contributed by atoms with Crippen LogP contribution in [0.2, 0.25) is 10.0 Å². The summed E-state index contributed by atoms with van der Waals surface area (Å²) in [5, 5.41) is 20.7. The molecule has 0 aliphatic heterocycles. The number of methoxy groups -OCH3 is 1. The molecule has 0 saturated heterocycles. The van der Waals surface area contributed by atoms with Crippen LogP contribution in [-0.4, -0.2) is 39.4 Å². The number of nitrogens with zero attached hydrogens (tertiary/aromatic N) is 3. The number of nitrogens with two attached hydrogens (primary N) is 1. The van der Waals surface area contributed by atoms with Crippen LogP contribution in [0.25, 0.3) is 22.0 Å². The molecule has 0 aliphatic carbocycles. The van der Waals surface area contributed by atoms with Gasteiger partial charge in [-0.15, -0.1) is 5.10 Å². The van der Waals surface area contributed by atoms with Crippen molar-refractivity contribution >= 4 is 39.9 Å². The van der Waals surface area contributed by atoms with Gasteiger partial charge in [0.2, 0.25) is 0 Å². The van der Waals surface area contributed by atoms with E-state index in [-0.39, 0.29) is 6.42 Å². The van der Waals surface area contributed by atoms with Gasteiger partial charge in [0.25, 0.3) is 0 Å². The number of hydrogen-bond donors (Lipinski definition) is 2. The number of carboxylic acid groups (broad SMARTS) is 1. The highest BCUT2D eigenvalue weighted by atomic mass is 35.5. The van der Waals surface area contributed by atoms with Crippen LogP contribution in [0.3, 0.4) is 0 Å². The SMILES string of the molecule is COc1ccc2c(Cc3c(Cl)cncc3Cl)nnc(-c3ccc(CC(N)C(=O)O)cc3)c2c1. The Bertz CT molecular complexity index is 1310. The van der Waals surface area contributed by atoms with Crippen molar-refractivity contribution < 1.29 is 14.6 Å². The average Bonchev–Trinajstić information content (AvgIpc) is 2.81. The summed E-state index contributed by atoms with van der Waals surface area (Å²) in [4.78, 5) is 15.0. The molecule has 2 heterocycles. The molecule has 0 aliphatic rings. The fourth-order valence-corrected chi connectivity index (χ4v) is 4.07. The molecule has 0 spiro atoms. The second-order valence-electron chi connectivity index (χ2n) is 7.51. The summed E-state index contributed by atoms with van der Waals surface area (Å²) in [6.45, 7) is 0. The predicted molar refractivity (Wildman–Crippen MR) is 128 cm³/mol. The molecular weight excluding hydrogens is 463 g/mol. The van der Waals surface area contributed by atoms with E-state index < -0.39 is 12.0 Å². The van der Waals surface area contributed by atoms with Crippen molar-refractivity contribution in [3.05, 3.63) is 81.7 Å². The van der Waals surface area contributed by atoms with Crippen LogP contribution in [0, 0.1) is 0 Å². The molecule has 1 unspecified atom stereocenters. The summed E-state index contributed by atoms with van der Waals surface area (Å²) in [7, 11) is 1.60. The van der Waals surface area contributed by atoms with E-state index in [0.717, 1.165) is 33.2 Å². The lowest BCUT2D eigenvalue weighted by molar-refractivity contribution is -0.138. The van der Waals surface area contributed by atoms with Gasteiger partial charge in [-0.25, -0.2) is 0 Å². The van der Waals surface area contributed by atoms with Crippen molar-refractivity contribution in [2.75, 3.05) is 7.11 Å². The number of carboxylic acids is 1. The van der Waals surface area contributed by atoms with Crippen LogP contribution in [0.5, 0.6) is 5.75 Å². The smallest absolute Gasteiger partial charge is 0.320 e. The molecule has 1 atom stereocenters. The van der Waals surface area contributed by atoms with E-state index in [4.69, 9.17) is 38.8 Å². The van der Waals surface area contributed by atoms with Gasteiger partial charge >= 0.3 is 5.97 Å². The summed E-state index contributed by atoms with van der Waals surface area (Å²) >= 11 is 12.6. The van der Waals surface area contributed by atoms with Crippen molar-refractivity contribution in [3.63, 3.8) is 0 Å². The summed E-state index contributed by atoms with van der Waals surface area (Å²) in [5.74, 6) is -0.347. The summed E-state index contributed by atoms with van der Waals surface area (Å²) in [5.41, 5.74) is 9.42. The molecule has 2 aromatic carbocycles. The molecule has 0 saturated carbocycles. The maximum atomic E-state index is 11.0. The number of ether oxygens (including phenoxy) is 1. The molecule has 4 rings (SSSR count). The molecule has 0 amide bonds. The number of pyridine rings is 1. The highest BCUT2D eigenvalue weighted by molar-refractivity contribution is 6.35. The van der Waals surface area contributed by atoms with Gasteiger partial charge in [-0.3, -0.25) is 9.78 Å². The number of hydrogen-bond acceptors (Lipinski definition) is 6. The van der Waals surface area contributed by atoms with E-state index >= 15 is 0 Å². The third-order valence-corrected chi connectivity index (χ3v) is 6.01. The van der Waals surface area contributed by atoms with E-state index in [2.05, 4.69) is 15.2 Å². The summed E-state index contributed by atoms with van der Waals surface area (Å²) in [6.07, 6.45) is 3.73. The van der Waals surface area contributed by atoms with Crippen LogP contribution in [0.4, 0.5) is 0 Å². The van der Waals surface area contributed by atoms with E-state index in [1.807, 2.05) is 42.5 Å². The average molecular weight is 483 g/mol. The molecule has 33 heavy (non-hydrogen) atoms. The molecule has 7 nitrogen and oxygen atoms in total. The molecule has 0 radical (unpaired) electrons. The first-order valence-electron chi connectivity index (χ1n) is 10.1. The molecular formula is C24H20Cl2N4O3. The van der Waals surface area contributed by atoms with Gasteiger partial charge in [-0.1, -0.05) is 47.5 Å². The maximum Gasteiger partial charge on any atom is 0.320 e. The Morgan fingerprint density at radius 1 is 1.06 bits per heavy atom. The molecule has 4 aromatic rings. The Labute approximate surface area is 200 Å². The van der Waals surface area contributed by atoms with Gasteiger partial charge in [-0.05, 0) is 35.7 Å². The van der Waals surface area contributed by atoms with Gasteiger partial charge in [-0.2, -0.15) is 5.10 Å². The second kappa shape index (κ2) is 9.70. The number of benzene rings is 2. The standard InChI is InChI=1S/C24H20Cl2N4O3/c1-33-15-6-7-16-17(9-15)23(14-4-2-13(3-5-14)8-21(27)24(31)32)30-29-22(16)10-18-19(25)11-28-12-20(18)26/h2-7,9,11-12,21H,8,10,27H2,1H3,(H,31,32). The third kappa shape index (κ3) is 4.90. The Morgan fingerprint density at radius 3 is 2.39 bits per heavy atom. The van der Waals surface area contributed by atoms with Gasteiger partial charge < -0.3 is 15.6 Å². The number of fused-ring (bicyclic) bond motifs is 1. The Balaban J connectivity index is 1.77. The summed E-state index contributed by atoms with van der Waals surface area (Å²) < 4.78 is 5.43. The maximum absolute atomic E-state index is 11.0. The molecule has 0 bridgehead atoms. The van der Waals surface area contributed by atoms with Crippen molar-refractivity contribution in [3.8, 4) is 17.0 Å². The van der Waals surface area contributed by atoms with Crippen LogP contribution in [-0.2, 0) is 17.6 Å². The van der Waals surface area contributed by atoms with Crippen LogP contribution in [0.15, 0.2) is 54.9 Å². The number of rotatable bonds is 7. The van der Waals surface area contributed by atoms with Gasteiger partial charge in [0.15, 0.2) is 0 Å². The van der Waals surface area contributed by atoms with E-state index in [1.165, 1.54) is 0 Å². The van der Waals surface area contributed by atoms with E-state index in [0.29, 0.717) is 27.9 Å². The number of carbonyl (C=O) groups is 1. The summed E-state index contributed by atoms with van der Waals surface area (Å²) in [6, 6.07) is 12.2. The highest BCUT2D eigenvalue weighted by Crippen LogP contribution is 2.33. The number of aliphatic carboxylic acids is 1. The lowest BCUT2D eigenvalue weighted by Gasteiger charge is -2.13. The van der Waals surface area contributed by atoms with Gasteiger partial charge in [0.1, 0.15) is 17.5 Å². The van der Waals surface area contributed by atoms with Crippen LogP contribution in [0.1, 0.15) is 16.8 Å². The van der Waals surface area contributed by atoms with Crippen molar-refractivity contribution in [1.29, 1.82) is 0 Å². The largest absolute Gasteiger partial charge is 0.497 e. The number of aromatic nitrogens is 3. The normalized spacial score (nSPS) is 12.0. The molecule has 9 heteroatoms. The van der Waals surface area contributed by atoms with Crippen molar-refractivity contribution in [2.45, 2.75) is 18.9 Å². The van der Waals surface area contributed by atoms with E-state index in [9.17, 15) is 4.79 Å².